The summed E-state index contributed by atoms with van der Waals surface area (Å²) in [5.74, 6) is -0.0794. The summed E-state index contributed by atoms with van der Waals surface area (Å²) < 4.78 is 5.94. The Hall–Kier alpha value is -2.04. The van der Waals surface area contributed by atoms with Gasteiger partial charge in [0.15, 0.2) is 6.10 Å². The van der Waals surface area contributed by atoms with Gasteiger partial charge in [0, 0.05) is 6.04 Å². The van der Waals surface area contributed by atoms with Crippen LogP contribution in [0.25, 0.3) is 0 Å². The Morgan fingerprint density at radius 2 is 1.80 bits per heavy atom. The summed E-state index contributed by atoms with van der Waals surface area (Å²) in [6.07, 6.45) is 2.06. The van der Waals surface area contributed by atoms with Crippen LogP contribution in [0.1, 0.15) is 63.5 Å². The number of amides is 1. The van der Waals surface area contributed by atoms with Gasteiger partial charge in [0.25, 0.3) is 5.91 Å². The highest BCUT2D eigenvalue weighted by molar-refractivity contribution is 5.81. The molecule has 1 unspecified atom stereocenters. The van der Waals surface area contributed by atoms with E-state index >= 15 is 0 Å². The number of aliphatic carboxylic acids is 1. The van der Waals surface area contributed by atoms with E-state index in [0.717, 1.165) is 16.9 Å². The SMILES string of the molecule is Cc1ccc(C(C)C)c(OC(C)C(=O)NC2CCC(C(=O)O)CC2)c1. The van der Waals surface area contributed by atoms with Gasteiger partial charge in [-0.1, -0.05) is 26.0 Å². The molecule has 0 bridgehead atoms. The molecule has 1 aliphatic carbocycles. The number of hydrogen-bond donors (Lipinski definition) is 2. The maximum absolute atomic E-state index is 12.4. The summed E-state index contributed by atoms with van der Waals surface area (Å²) in [6.45, 7) is 7.96. The average molecular weight is 347 g/mol. The number of rotatable bonds is 6. The molecule has 0 heterocycles. The van der Waals surface area contributed by atoms with Crippen molar-refractivity contribution in [2.45, 2.75) is 71.4 Å². The van der Waals surface area contributed by atoms with E-state index in [0.29, 0.717) is 31.6 Å². The summed E-state index contributed by atoms with van der Waals surface area (Å²) in [4.78, 5) is 23.4. The topological polar surface area (TPSA) is 75.6 Å². The van der Waals surface area contributed by atoms with Crippen LogP contribution in [0, 0.1) is 12.8 Å². The lowest BCUT2D eigenvalue weighted by Crippen LogP contribution is -2.44. The van der Waals surface area contributed by atoms with Crippen LogP contribution in [0.15, 0.2) is 18.2 Å². The molecular formula is C20H29NO4. The zero-order chi connectivity index (χ0) is 18.6. The Bertz CT molecular complexity index is 618. The smallest absolute Gasteiger partial charge is 0.306 e. The van der Waals surface area contributed by atoms with Crippen LogP contribution in [0.5, 0.6) is 5.75 Å². The van der Waals surface area contributed by atoms with E-state index < -0.39 is 12.1 Å². The number of carboxylic acids is 1. The zero-order valence-corrected chi connectivity index (χ0v) is 15.5. The number of carbonyl (C=O) groups is 2. The van der Waals surface area contributed by atoms with Crippen molar-refractivity contribution < 1.29 is 19.4 Å². The van der Waals surface area contributed by atoms with Crippen molar-refractivity contribution in [2.75, 3.05) is 0 Å². The summed E-state index contributed by atoms with van der Waals surface area (Å²) in [7, 11) is 0. The molecule has 25 heavy (non-hydrogen) atoms. The summed E-state index contributed by atoms with van der Waals surface area (Å²) in [5, 5.41) is 12.0. The molecule has 2 rings (SSSR count). The standard InChI is InChI=1S/C20H29NO4/c1-12(2)17-10-5-13(3)11-18(17)25-14(4)19(22)21-16-8-6-15(7-9-16)20(23)24/h5,10-12,14-16H,6-9H2,1-4H3,(H,21,22)(H,23,24). The van der Waals surface area contributed by atoms with Crippen LogP contribution in [0.2, 0.25) is 0 Å². The fourth-order valence-electron chi connectivity index (χ4n) is 3.27. The van der Waals surface area contributed by atoms with Gasteiger partial charge in [-0.05, 0) is 62.6 Å². The fraction of sp³-hybridized carbons (Fsp3) is 0.600. The normalized spacial score (nSPS) is 21.6. The Balaban J connectivity index is 1.93. The molecule has 1 amide bonds. The van der Waals surface area contributed by atoms with E-state index in [-0.39, 0.29) is 17.9 Å². The zero-order valence-electron chi connectivity index (χ0n) is 15.5. The number of benzene rings is 1. The molecule has 1 atom stereocenters. The van der Waals surface area contributed by atoms with Gasteiger partial charge >= 0.3 is 5.97 Å². The lowest BCUT2D eigenvalue weighted by Gasteiger charge is -2.28. The third-order valence-electron chi connectivity index (χ3n) is 4.89. The lowest BCUT2D eigenvalue weighted by molar-refractivity contribution is -0.142. The Kier molecular flexibility index (Phi) is 6.45. The second-order valence-corrected chi connectivity index (χ2v) is 7.35. The fourth-order valence-corrected chi connectivity index (χ4v) is 3.27. The van der Waals surface area contributed by atoms with E-state index in [1.807, 2.05) is 25.1 Å². The van der Waals surface area contributed by atoms with E-state index in [1.54, 1.807) is 6.92 Å². The molecule has 1 fully saturated rings. The van der Waals surface area contributed by atoms with Gasteiger partial charge < -0.3 is 15.2 Å². The van der Waals surface area contributed by atoms with Gasteiger partial charge in [-0.3, -0.25) is 9.59 Å². The molecule has 138 valence electrons. The molecule has 1 aliphatic rings. The van der Waals surface area contributed by atoms with E-state index in [4.69, 9.17) is 9.84 Å². The lowest BCUT2D eigenvalue weighted by atomic mass is 9.86. The van der Waals surface area contributed by atoms with Crippen LogP contribution in [0.4, 0.5) is 0 Å². The number of ether oxygens (including phenoxy) is 1. The van der Waals surface area contributed by atoms with Crippen molar-refractivity contribution in [1.82, 2.24) is 5.32 Å². The molecule has 0 aromatic heterocycles. The molecule has 5 nitrogen and oxygen atoms in total. The van der Waals surface area contributed by atoms with Crippen molar-refractivity contribution in [3.8, 4) is 5.75 Å². The van der Waals surface area contributed by atoms with Gasteiger partial charge in [0.2, 0.25) is 0 Å². The van der Waals surface area contributed by atoms with Gasteiger partial charge in [-0.25, -0.2) is 0 Å². The van der Waals surface area contributed by atoms with Crippen molar-refractivity contribution in [1.29, 1.82) is 0 Å². The largest absolute Gasteiger partial charge is 0.481 e. The number of nitrogens with one attached hydrogen (secondary N) is 1. The van der Waals surface area contributed by atoms with Crippen molar-refractivity contribution in [2.24, 2.45) is 5.92 Å². The maximum Gasteiger partial charge on any atom is 0.306 e. The first-order chi connectivity index (χ1) is 11.8. The highest BCUT2D eigenvalue weighted by Gasteiger charge is 2.28. The van der Waals surface area contributed by atoms with Crippen molar-refractivity contribution >= 4 is 11.9 Å². The molecule has 1 aromatic rings. The second-order valence-electron chi connectivity index (χ2n) is 7.35. The molecule has 2 N–H and O–H groups in total. The maximum atomic E-state index is 12.4. The predicted molar refractivity (Wildman–Crippen MR) is 96.9 cm³/mol. The average Bonchev–Trinajstić information content (AvgIpc) is 2.55. The summed E-state index contributed by atoms with van der Waals surface area (Å²) >= 11 is 0. The minimum atomic E-state index is -0.734. The molecule has 5 heteroatoms. The van der Waals surface area contributed by atoms with Gasteiger partial charge in [-0.2, -0.15) is 0 Å². The van der Waals surface area contributed by atoms with Crippen LogP contribution >= 0.6 is 0 Å². The molecule has 1 aromatic carbocycles. The number of hydrogen-bond acceptors (Lipinski definition) is 3. The first-order valence-corrected chi connectivity index (χ1v) is 9.08. The summed E-state index contributed by atoms with van der Waals surface area (Å²) in [5.41, 5.74) is 2.19. The van der Waals surface area contributed by atoms with Crippen LogP contribution < -0.4 is 10.1 Å². The first kappa shape index (κ1) is 19.3. The summed E-state index contributed by atoms with van der Waals surface area (Å²) in [6, 6.07) is 6.11. The van der Waals surface area contributed by atoms with Crippen molar-refractivity contribution in [3.63, 3.8) is 0 Å². The third kappa shape index (κ3) is 5.21. The molecular weight excluding hydrogens is 318 g/mol. The third-order valence-corrected chi connectivity index (χ3v) is 4.89. The molecule has 0 saturated heterocycles. The minimum Gasteiger partial charge on any atom is -0.481 e. The molecule has 1 saturated carbocycles. The molecule has 0 aliphatic heterocycles. The van der Waals surface area contributed by atoms with E-state index in [2.05, 4.69) is 19.2 Å². The first-order valence-electron chi connectivity index (χ1n) is 9.08. The van der Waals surface area contributed by atoms with Crippen LogP contribution in [-0.4, -0.2) is 29.1 Å². The van der Waals surface area contributed by atoms with E-state index in [1.165, 1.54) is 0 Å². The second kappa shape index (κ2) is 8.37. The Labute approximate surface area is 149 Å². The van der Waals surface area contributed by atoms with Crippen molar-refractivity contribution in [3.05, 3.63) is 29.3 Å². The van der Waals surface area contributed by atoms with Crippen LogP contribution in [-0.2, 0) is 9.59 Å². The van der Waals surface area contributed by atoms with Gasteiger partial charge in [0.1, 0.15) is 5.75 Å². The number of aryl methyl sites for hydroxylation is 1. The monoisotopic (exact) mass is 347 g/mol. The van der Waals surface area contributed by atoms with E-state index in [9.17, 15) is 9.59 Å². The highest BCUT2D eigenvalue weighted by atomic mass is 16.5. The Morgan fingerprint density at radius 3 is 2.36 bits per heavy atom. The number of carbonyl (C=O) groups excluding carboxylic acids is 1. The number of carboxylic acid groups (broad SMARTS) is 1. The quantitative estimate of drug-likeness (QED) is 0.824. The van der Waals surface area contributed by atoms with Gasteiger partial charge in [0.05, 0.1) is 5.92 Å². The molecule has 0 radical (unpaired) electrons. The van der Waals surface area contributed by atoms with Gasteiger partial charge in [-0.15, -0.1) is 0 Å². The highest BCUT2D eigenvalue weighted by Crippen LogP contribution is 2.29. The predicted octanol–water partition coefficient (Wildman–Crippen LogP) is 3.65. The minimum absolute atomic E-state index is 0.0382. The molecule has 0 spiro atoms. The van der Waals surface area contributed by atoms with Crippen LogP contribution in [0.3, 0.4) is 0 Å². The Morgan fingerprint density at radius 1 is 1.16 bits per heavy atom.